The summed E-state index contributed by atoms with van der Waals surface area (Å²) in [5, 5.41) is 3.08. The molecular formula is C16H25NO2S. The Kier molecular flexibility index (Phi) is 6.56. The lowest BCUT2D eigenvalue weighted by Gasteiger charge is -2.26. The van der Waals surface area contributed by atoms with Gasteiger partial charge < -0.3 is 10.1 Å². The molecule has 0 aliphatic rings. The van der Waals surface area contributed by atoms with E-state index >= 15 is 0 Å². The van der Waals surface area contributed by atoms with E-state index < -0.39 is 5.54 Å². The molecule has 1 atom stereocenters. The minimum atomic E-state index is -0.625. The molecule has 0 aliphatic heterocycles. The zero-order valence-corrected chi connectivity index (χ0v) is 13.9. The number of thioether (sulfide) groups is 1. The lowest BCUT2D eigenvalue weighted by atomic mass is 10.1. The third kappa shape index (κ3) is 4.84. The summed E-state index contributed by atoms with van der Waals surface area (Å²) >= 11 is 1.75. The van der Waals surface area contributed by atoms with Crippen molar-refractivity contribution < 1.29 is 9.53 Å². The number of rotatable bonds is 7. The highest BCUT2D eigenvalue weighted by Crippen LogP contribution is 2.20. The second kappa shape index (κ2) is 7.70. The quantitative estimate of drug-likeness (QED) is 0.785. The summed E-state index contributed by atoms with van der Waals surface area (Å²) in [6.45, 7) is 8.35. The molecule has 112 valence electrons. The summed E-state index contributed by atoms with van der Waals surface area (Å²) in [4.78, 5) is 11.9. The Morgan fingerprint density at radius 1 is 1.30 bits per heavy atom. The van der Waals surface area contributed by atoms with Gasteiger partial charge in [0.25, 0.3) is 0 Å². The van der Waals surface area contributed by atoms with Crippen molar-refractivity contribution in [2.45, 2.75) is 39.0 Å². The largest absolute Gasteiger partial charge is 0.465 e. The minimum absolute atomic E-state index is 0.185. The van der Waals surface area contributed by atoms with E-state index in [4.69, 9.17) is 4.74 Å². The van der Waals surface area contributed by atoms with Crippen molar-refractivity contribution in [2.24, 2.45) is 0 Å². The van der Waals surface area contributed by atoms with Crippen LogP contribution in [-0.2, 0) is 15.3 Å². The Morgan fingerprint density at radius 2 is 1.90 bits per heavy atom. The maximum absolute atomic E-state index is 11.9. The van der Waals surface area contributed by atoms with Crippen LogP contribution in [0.2, 0.25) is 0 Å². The molecule has 20 heavy (non-hydrogen) atoms. The van der Waals surface area contributed by atoms with Crippen molar-refractivity contribution in [3.63, 3.8) is 0 Å². The number of benzene rings is 1. The van der Waals surface area contributed by atoms with Gasteiger partial charge in [-0.05, 0) is 40.3 Å². The molecule has 0 aromatic heterocycles. The van der Waals surface area contributed by atoms with Crippen molar-refractivity contribution in [3.8, 4) is 0 Å². The average Bonchev–Trinajstić information content (AvgIpc) is 2.37. The summed E-state index contributed by atoms with van der Waals surface area (Å²) in [6, 6.07) is 6.56. The minimum Gasteiger partial charge on any atom is -0.465 e. The van der Waals surface area contributed by atoms with Gasteiger partial charge in [0.15, 0.2) is 0 Å². The lowest BCUT2D eigenvalue weighted by Crippen LogP contribution is -2.50. The molecule has 0 fully saturated rings. The summed E-state index contributed by atoms with van der Waals surface area (Å²) in [5.74, 6) is 1.41. The molecule has 0 bridgehead atoms. The summed E-state index contributed by atoms with van der Waals surface area (Å²) in [5.41, 5.74) is 3.24. The highest BCUT2D eigenvalue weighted by Gasteiger charge is 2.32. The molecular weight excluding hydrogens is 270 g/mol. The molecule has 0 spiro atoms. The molecule has 1 rings (SSSR count). The van der Waals surface area contributed by atoms with Gasteiger partial charge in [-0.15, -0.1) is 0 Å². The van der Waals surface area contributed by atoms with Crippen LogP contribution in [0.5, 0.6) is 0 Å². The number of carbonyl (C=O) groups is 1. The fourth-order valence-corrected chi connectivity index (χ4v) is 3.22. The van der Waals surface area contributed by atoms with Gasteiger partial charge in [0.05, 0.1) is 6.61 Å². The monoisotopic (exact) mass is 295 g/mol. The Bertz CT molecular complexity index is 442. The van der Waals surface area contributed by atoms with Crippen LogP contribution in [0.1, 0.15) is 30.5 Å². The van der Waals surface area contributed by atoms with Crippen molar-refractivity contribution in [3.05, 3.63) is 34.9 Å². The zero-order valence-electron chi connectivity index (χ0n) is 13.1. The number of hydrogen-bond donors (Lipinski definition) is 1. The Morgan fingerprint density at radius 3 is 2.40 bits per heavy atom. The molecule has 0 saturated heterocycles. The van der Waals surface area contributed by atoms with E-state index in [0.29, 0.717) is 12.4 Å². The van der Waals surface area contributed by atoms with Crippen LogP contribution < -0.4 is 5.32 Å². The number of carbonyl (C=O) groups excluding carboxylic acids is 1. The molecule has 3 nitrogen and oxygen atoms in total. The lowest BCUT2D eigenvalue weighted by molar-refractivity contribution is -0.149. The average molecular weight is 295 g/mol. The number of aryl methyl sites for hydroxylation is 2. The normalized spacial score (nSPS) is 13.8. The number of hydrogen-bond acceptors (Lipinski definition) is 4. The van der Waals surface area contributed by atoms with E-state index in [1.54, 1.807) is 18.8 Å². The van der Waals surface area contributed by atoms with Crippen LogP contribution in [-0.4, -0.2) is 30.9 Å². The van der Waals surface area contributed by atoms with Crippen molar-refractivity contribution in [1.82, 2.24) is 5.32 Å². The van der Waals surface area contributed by atoms with E-state index in [0.717, 1.165) is 5.75 Å². The fourth-order valence-electron chi connectivity index (χ4n) is 2.05. The molecule has 1 unspecified atom stereocenters. The van der Waals surface area contributed by atoms with Crippen molar-refractivity contribution in [1.29, 1.82) is 0 Å². The predicted molar refractivity (Wildman–Crippen MR) is 86.2 cm³/mol. The molecule has 0 amide bonds. The highest BCUT2D eigenvalue weighted by molar-refractivity contribution is 7.98. The first-order chi connectivity index (χ1) is 9.41. The maximum atomic E-state index is 11.9. The van der Waals surface area contributed by atoms with E-state index in [2.05, 4.69) is 37.4 Å². The Balaban J connectivity index is 2.59. The van der Waals surface area contributed by atoms with Crippen LogP contribution in [0.4, 0.5) is 0 Å². The first-order valence-electron chi connectivity index (χ1n) is 6.92. The molecule has 0 saturated carbocycles. The SMILES string of the molecule is CCOC(=O)C(C)(CSCc1cc(C)cc(C)c1)NC. The molecule has 1 aromatic carbocycles. The molecule has 0 aliphatic carbocycles. The van der Waals surface area contributed by atoms with Crippen LogP contribution in [0, 0.1) is 13.8 Å². The van der Waals surface area contributed by atoms with Crippen molar-refractivity contribution >= 4 is 17.7 Å². The second-order valence-corrected chi connectivity index (χ2v) is 6.28. The van der Waals surface area contributed by atoms with Crippen LogP contribution >= 0.6 is 11.8 Å². The van der Waals surface area contributed by atoms with Gasteiger partial charge >= 0.3 is 5.97 Å². The van der Waals surface area contributed by atoms with E-state index in [1.807, 2.05) is 13.8 Å². The van der Waals surface area contributed by atoms with Gasteiger partial charge in [0.1, 0.15) is 5.54 Å². The first kappa shape index (κ1) is 17.1. The van der Waals surface area contributed by atoms with Crippen molar-refractivity contribution in [2.75, 3.05) is 19.4 Å². The highest BCUT2D eigenvalue weighted by atomic mass is 32.2. The molecule has 4 heteroatoms. The Labute approximate surface area is 126 Å². The standard InChI is InChI=1S/C16H25NO2S/c1-6-19-15(18)16(4,17-5)11-20-10-14-8-12(2)7-13(3)9-14/h7-9,17H,6,10-11H2,1-5H3. The first-order valence-corrected chi connectivity index (χ1v) is 8.08. The summed E-state index contributed by atoms with van der Waals surface area (Å²) in [7, 11) is 1.80. The third-order valence-electron chi connectivity index (χ3n) is 3.22. The maximum Gasteiger partial charge on any atom is 0.326 e. The smallest absolute Gasteiger partial charge is 0.326 e. The van der Waals surface area contributed by atoms with Crippen LogP contribution in [0.3, 0.4) is 0 Å². The number of likely N-dealkylation sites (N-methyl/N-ethyl adjacent to an activating group) is 1. The molecule has 0 heterocycles. The van der Waals surface area contributed by atoms with Gasteiger partial charge in [-0.1, -0.05) is 29.3 Å². The van der Waals surface area contributed by atoms with Gasteiger partial charge in [0.2, 0.25) is 0 Å². The zero-order chi connectivity index (χ0) is 15.2. The van der Waals surface area contributed by atoms with Gasteiger partial charge in [0, 0.05) is 11.5 Å². The number of ether oxygens (including phenoxy) is 1. The van der Waals surface area contributed by atoms with E-state index in [1.165, 1.54) is 16.7 Å². The van der Waals surface area contributed by atoms with E-state index in [-0.39, 0.29) is 5.97 Å². The number of esters is 1. The molecule has 1 aromatic rings. The fraction of sp³-hybridized carbons (Fsp3) is 0.562. The molecule has 1 N–H and O–H groups in total. The summed E-state index contributed by atoms with van der Waals surface area (Å²) < 4.78 is 5.12. The second-order valence-electron chi connectivity index (χ2n) is 5.29. The van der Waals surface area contributed by atoms with Gasteiger partial charge in [-0.3, -0.25) is 4.79 Å². The topological polar surface area (TPSA) is 38.3 Å². The van der Waals surface area contributed by atoms with Crippen LogP contribution in [0.25, 0.3) is 0 Å². The number of nitrogens with one attached hydrogen (secondary N) is 1. The van der Waals surface area contributed by atoms with E-state index in [9.17, 15) is 4.79 Å². The Hall–Kier alpha value is -1.00. The van der Waals surface area contributed by atoms with Crippen LogP contribution in [0.15, 0.2) is 18.2 Å². The summed E-state index contributed by atoms with van der Waals surface area (Å²) in [6.07, 6.45) is 0. The third-order valence-corrected chi connectivity index (χ3v) is 4.54. The molecule has 0 radical (unpaired) electrons. The predicted octanol–water partition coefficient (Wildman–Crippen LogP) is 3.08. The van der Waals surface area contributed by atoms with Gasteiger partial charge in [-0.25, -0.2) is 0 Å². The van der Waals surface area contributed by atoms with Gasteiger partial charge in [-0.2, -0.15) is 11.8 Å².